The largest absolute Gasteiger partial charge is 0.317 e. The van der Waals surface area contributed by atoms with Crippen LogP contribution in [0.3, 0.4) is 0 Å². The van der Waals surface area contributed by atoms with Crippen LogP contribution in [0.15, 0.2) is 0 Å². The van der Waals surface area contributed by atoms with Crippen LogP contribution in [-0.4, -0.2) is 13.1 Å². The average Bonchev–Trinajstić information content (AvgIpc) is 2.40. The van der Waals surface area contributed by atoms with Crippen molar-refractivity contribution < 1.29 is 0 Å². The molecule has 1 nitrogen and oxygen atoms in total. The molecule has 0 rings (SSSR count). The van der Waals surface area contributed by atoms with Crippen LogP contribution in [0.2, 0.25) is 0 Å². The smallest absolute Gasteiger partial charge is 0.00640 e. The van der Waals surface area contributed by atoms with Gasteiger partial charge in [0.15, 0.2) is 0 Å². The van der Waals surface area contributed by atoms with Crippen LogP contribution >= 0.6 is 0 Å². The molecule has 0 heterocycles. The molecule has 0 fully saturated rings. The molecule has 0 saturated heterocycles. The summed E-state index contributed by atoms with van der Waals surface area (Å²) >= 11 is 0. The van der Waals surface area contributed by atoms with Crippen LogP contribution in [0, 0.1) is 0 Å². The van der Waals surface area contributed by atoms with E-state index in [2.05, 4.69) is 26.2 Å². The second-order valence-corrected chi connectivity index (χ2v) is 5.74. The Morgan fingerprint density at radius 2 is 1.00 bits per heavy atom. The Kier molecular flexibility index (Phi) is 15.0. The van der Waals surface area contributed by atoms with E-state index in [-0.39, 0.29) is 0 Å². The molecule has 1 heteroatoms. The number of nitrogens with one attached hydrogen (secondary N) is 1. The van der Waals surface area contributed by atoms with Gasteiger partial charge in [-0.05, 0) is 19.9 Å². The van der Waals surface area contributed by atoms with Gasteiger partial charge in [-0.2, -0.15) is 0 Å². The van der Waals surface area contributed by atoms with Gasteiger partial charge in [-0.25, -0.2) is 0 Å². The Balaban J connectivity index is 3.23. The highest BCUT2D eigenvalue weighted by molar-refractivity contribution is 4.64. The van der Waals surface area contributed by atoms with Gasteiger partial charge in [-0.15, -0.1) is 0 Å². The SMILES string of the molecule is CCCCCCCCCCC(CCCCC)NC. The van der Waals surface area contributed by atoms with Crippen molar-refractivity contribution in [2.45, 2.75) is 103 Å². The molecule has 0 aromatic rings. The number of hydrogen-bond donors (Lipinski definition) is 1. The number of rotatable bonds is 14. The summed E-state index contributed by atoms with van der Waals surface area (Å²) in [6.45, 7) is 4.57. The van der Waals surface area contributed by atoms with Gasteiger partial charge in [-0.1, -0.05) is 84.5 Å². The molecule has 0 saturated carbocycles. The molecule has 0 aliphatic carbocycles. The van der Waals surface area contributed by atoms with E-state index in [9.17, 15) is 0 Å². The third-order valence-electron chi connectivity index (χ3n) is 3.97. The van der Waals surface area contributed by atoms with E-state index in [0.29, 0.717) is 0 Å². The molecule has 18 heavy (non-hydrogen) atoms. The van der Waals surface area contributed by atoms with E-state index in [4.69, 9.17) is 0 Å². The number of hydrogen-bond acceptors (Lipinski definition) is 1. The monoisotopic (exact) mass is 255 g/mol. The second-order valence-electron chi connectivity index (χ2n) is 5.74. The average molecular weight is 255 g/mol. The van der Waals surface area contributed by atoms with Crippen molar-refractivity contribution >= 4 is 0 Å². The van der Waals surface area contributed by atoms with E-state index in [1.54, 1.807) is 0 Å². The Bertz CT molecular complexity index is 145. The number of unbranched alkanes of at least 4 members (excludes halogenated alkanes) is 9. The molecule has 0 aliphatic rings. The van der Waals surface area contributed by atoms with Crippen LogP contribution in [0.5, 0.6) is 0 Å². The van der Waals surface area contributed by atoms with Crippen molar-refractivity contribution in [3.63, 3.8) is 0 Å². The molecule has 0 aliphatic heterocycles. The van der Waals surface area contributed by atoms with Gasteiger partial charge in [0.25, 0.3) is 0 Å². The maximum Gasteiger partial charge on any atom is 0.00640 e. The lowest BCUT2D eigenvalue weighted by Crippen LogP contribution is -2.24. The molecular weight excluding hydrogens is 218 g/mol. The molecule has 0 bridgehead atoms. The first-order valence-corrected chi connectivity index (χ1v) is 8.52. The minimum absolute atomic E-state index is 0.775. The third kappa shape index (κ3) is 12.4. The summed E-state index contributed by atoms with van der Waals surface area (Å²) in [7, 11) is 2.13. The summed E-state index contributed by atoms with van der Waals surface area (Å²) in [6, 6.07) is 0.775. The molecule has 1 unspecified atom stereocenters. The fraction of sp³-hybridized carbons (Fsp3) is 1.00. The van der Waals surface area contributed by atoms with Crippen molar-refractivity contribution in [2.75, 3.05) is 7.05 Å². The van der Waals surface area contributed by atoms with Crippen molar-refractivity contribution in [1.82, 2.24) is 5.32 Å². The zero-order chi connectivity index (χ0) is 13.5. The van der Waals surface area contributed by atoms with E-state index in [0.717, 1.165) is 6.04 Å². The molecule has 0 spiro atoms. The second kappa shape index (κ2) is 15.0. The summed E-state index contributed by atoms with van der Waals surface area (Å²) in [4.78, 5) is 0. The molecule has 1 atom stereocenters. The lowest BCUT2D eigenvalue weighted by Gasteiger charge is -2.15. The van der Waals surface area contributed by atoms with E-state index in [1.165, 1.54) is 83.5 Å². The summed E-state index contributed by atoms with van der Waals surface area (Å²) in [5.74, 6) is 0. The Labute approximate surface area is 116 Å². The molecule has 1 N–H and O–H groups in total. The minimum Gasteiger partial charge on any atom is -0.317 e. The lowest BCUT2D eigenvalue weighted by molar-refractivity contribution is 0.440. The lowest BCUT2D eigenvalue weighted by atomic mass is 10.0. The predicted molar refractivity (Wildman–Crippen MR) is 84.2 cm³/mol. The fourth-order valence-electron chi connectivity index (χ4n) is 2.60. The molecule has 0 aromatic heterocycles. The normalized spacial score (nSPS) is 12.8. The predicted octanol–water partition coefficient (Wildman–Crippen LogP) is 5.69. The van der Waals surface area contributed by atoms with Gasteiger partial charge in [0.1, 0.15) is 0 Å². The Morgan fingerprint density at radius 3 is 1.50 bits per heavy atom. The highest BCUT2D eigenvalue weighted by atomic mass is 14.9. The highest BCUT2D eigenvalue weighted by Gasteiger charge is 2.04. The zero-order valence-electron chi connectivity index (χ0n) is 13.3. The summed E-state index contributed by atoms with van der Waals surface area (Å²) in [6.07, 6.45) is 18.4. The van der Waals surface area contributed by atoms with Crippen molar-refractivity contribution in [3.8, 4) is 0 Å². The maximum atomic E-state index is 3.48. The fourth-order valence-corrected chi connectivity index (χ4v) is 2.60. The van der Waals surface area contributed by atoms with Crippen LogP contribution in [0.4, 0.5) is 0 Å². The van der Waals surface area contributed by atoms with E-state index >= 15 is 0 Å². The van der Waals surface area contributed by atoms with Gasteiger partial charge in [-0.3, -0.25) is 0 Å². The minimum atomic E-state index is 0.775. The van der Waals surface area contributed by atoms with Crippen LogP contribution in [-0.2, 0) is 0 Å². The summed E-state index contributed by atoms with van der Waals surface area (Å²) in [5.41, 5.74) is 0. The molecule has 0 radical (unpaired) electrons. The summed E-state index contributed by atoms with van der Waals surface area (Å²) in [5, 5.41) is 3.48. The highest BCUT2D eigenvalue weighted by Crippen LogP contribution is 2.13. The topological polar surface area (TPSA) is 12.0 Å². The van der Waals surface area contributed by atoms with Crippen LogP contribution < -0.4 is 5.32 Å². The Hall–Kier alpha value is -0.0400. The van der Waals surface area contributed by atoms with Crippen molar-refractivity contribution in [3.05, 3.63) is 0 Å². The van der Waals surface area contributed by atoms with Crippen LogP contribution in [0.1, 0.15) is 97.3 Å². The maximum absolute atomic E-state index is 3.48. The first-order chi connectivity index (χ1) is 8.85. The molecule has 0 amide bonds. The van der Waals surface area contributed by atoms with Crippen molar-refractivity contribution in [1.29, 1.82) is 0 Å². The first-order valence-electron chi connectivity index (χ1n) is 8.52. The standard InChI is InChI=1S/C17H37N/c1-4-6-8-9-10-11-12-14-16-17(18-3)15-13-7-5-2/h17-18H,4-16H2,1-3H3. The van der Waals surface area contributed by atoms with Gasteiger partial charge in [0.2, 0.25) is 0 Å². The van der Waals surface area contributed by atoms with Gasteiger partial charge < -0.3 is 5.32 Å². The van der Waals surface area contributed by atoms with E-state index < -0.39 is 0 Å². The van der Waals surface area contributed by atoms with Gasteiger partial charge in [0, 0.05) is 6.04 Å². The van der Waals surface area contributed by atoms with Crippen molar-refractivity contribution in [2.24, 2.45) is 0 Å². The molecule has 110 valence electrons. The zero-order valence-corrected chi connectivity index (χ0v) is 13.3. The van der Waals surface area contributed by atoms with Gasteiger partial charge in [0.05, 0.1) is 0 Å². The quantitative estimate of drug-likeness (QED) is 0.393. The van der Waals surface area contributed by atoms with Crippen LogP contribution in [0.25, 0.3) is 0 Å². The third-order valence-corrected chi connectivity index (χ3v) is 3.97. The molecular formula is C17H37N. The Morgan fingerprint density at radius 1 is 0.611 bits per heavy atom. The van der Waals surface area contributed by atoms with E-state index in [1.807, 2.05) is 0 Å². The van der Waals surface area contributed by atoms with Gasteiger partial charge >= 0.3 is 0 Å². The first kappa shape index (κ1) is 18.0. The summed E-state index contributed by atoms with van der Waals surface area (Å²) < 4.78 is 0. The molecule has 0 aromatic carbocycles.